The van der Waals surface area contributed by atoms with Crippen LogP contribution in [0.3, 0.4) is 0 Å². The Morgan fingerprint density at radius 1 is 1.10 bits per heavy atom. The molecule has 0 unspecified atom stereocenters. The van der Waals surface area contributed by atoms with Gasteiger partial charge in [-0.1, -0.05) is 0 Å². The van der Waals surface area contributed by atoms with Gasteiger partial charge in [0.05, 0.1) is 5.41 Å². The number of nitrogens with one attached hydrogen (secondary N) is 1. The molecule has 20 heavy (non-hydrogen) atoms. The molecule has 8 nitrogen and oxygen atoms in total. The van der Waals surface area contributed by atoms with Crippen LogP contribution in [0.2, 0.25) is 0 Å². The topological polar surface area (TPSA) is 107 Å². The van der Waals surface area contributed by atoms with Crippen molar-refractivity contribution >= 4 is 23.8 Å². The highest BCUT2D eigenvalue weighted by Crippen LogP contribution is 2.31. The number of urea groups is 1. The predicted octanol–water partition coefficient (Wildman–Crippen LogP) is -0.748. The Hall–Kier alpha value is -2.12. The monoisotopic (exact) mass is 283 g/mol. The molecule has 2 aliphatic heterocycles. The van der Waals surface area contributed by atoms with Crippen LogP contribution in [0.5, 0.6) is 0 Å². The third-order valence-corrected chi connectivity index (χ3v) is 3.87. The van der Waals surface area contributed by atoms with E-state index in [1.165, 1.54) is 9.80 Å². The van der Waals surface area contributed by atoms with E-state index in [-0.39, 0.29) is 19.1 Å². The fourth-order valence-electron chi connectivity index (χ4n) is 2.38. The summed E-state index contributed by atoms with van der Waals surface area (Å²) in [6, 6.07) is -0.388. The van der Waals surface area contributed by atoms with E-state index in [9.17, 15) is 19.2 Å². The molecule has 4 amide bonds. The molecule has 2 saturated heterocycles. The van der Waals surface area contributed by atoms with Gasteiger partial charge in [0.2, 0.25) is 11.8 Å². The number of carbonyl (C=O) groups is 4. The number of carbonyl (C=O) groups excluding carboxylic acids is 3. The van der Waals surface area contributed by atoms with E-state index < -0.39 is 23.2 Å². The number of amides is 4. The summed E-state index contributed by atoms with van der Waals surface area (Å²) in [5, 5.41) is 11.3. The summed E-state index contributed by atoms with van der Waals surface area (Å²) in [6.07, 6.45) is 0.726. The van der Waals surface area contributed by atoms with Crippen LogP contribution >= 0.6 is 0 Å². The molecule has 0 radical (unpaired) electrons. The van der Waals surface area contributed by atoms with Crippen molar-refractivity contribution in [2.45, 2.75) is 19.8 Å². The van der Waals surface area contributed by atoms with E-state index in [1.54, 1.807) is 6.92 Å². The zero-order valence-corrected chi connectivity index (χ0v) is 11.2. The van der Waals surface area contributed by atoms with Gasteiger partial charge in [0.1, 0.15) is 13.1 Å². The van der Waals surface area contributed by atoms with Crippen LogP contribution < -0.4 is 5.32 Å². The van der Waals surface area contributed by atoms with Crippen molar-refractivity contribution in [1.29, 1.82) is 0 Å². The number of aliphatic carboxylic acids is 1. The Kier molecular flexibility index (Phi) is 3.65. The first-order valence-corrected chi connectivity index (χ1v) is 6.42. The second-order valence-corrected chi connectivity index (χ2v) is 5.46. The Bertz CT molecular complexity index is 452. The molecular formula is C12H17N3O5. The van der Waals surface area contributed by atoms with E-state index in [1.807, 2.05) is 0 Å². The molecule has 2 fully saturated rings. The summed E-state index contributed by atoms with van der Waals surface area (Å²) >= 11 is 0. The minimum Gasteiger partial charge on any atom is -0.481 e. The van der Waals surface area contributed by atoms with E-state index in [0.717, 1.165) is 0 Å². The predicted molar refractivity (Wildman–Crippen MR) is 66.7 cm³/mol. The van der Waals surface area contributed by atoms with Crippen LogP contribution in [0.4, 0.5) is 4.79 Å². The van der Waals surface area contributed by atoms with E-state index in [4.69, 9.17) is 5.11 Å². The lowest BCUT2D eigenvalue weighted by Gasteiger charge is -2.39. The molecule has 110 valence electrons. The molecule has 2 N–H and O–H groups in total. The zero-order valence-electron chi connectivity index (χ0n) is 11.2. The third kappa shape index (κ3) is 2.73. The maximum absolute atomic E-state index is 12.2. The highest BCUT2D eigenvalue weighted by molar-refractivity contribution is 6.02. The molecule has 0 bridgehead atoms. The second kappa shape index (κ2) is 5.10. The highest BCUT2D eigenvalue weighted by Gasteiger charge is 2.39. The van der Waals surface area contributed by atoms with Gasteiger partial charge < -0.3 is 14.9 Å². The van der Waals surface area contributed by atoms with Gasteiger partial charge in [0.15, 0.2) is 0 Å². The van der Waals surface area contributed by atoms with Crippen LogP contribution in [-0.4, -0.2) is 64.9 Å². The van der Waals surface area contributed by atoms with E-state index >= 15 is 0 Å². The van der Waals surface area contributed by atoms with Gasteiger partial charge in [-0.05, 0) is 19.8 Å². The molecule has 0 atom stereocenters. The first-order valence-electron chi connectivity index (χ1n) is 6.42. The molecule has 2 aliphatic rings. The number of piperazine rings is 1. The SMILES string of the molecule is CC1(C(=O)O)CCN(C(=O)N2CC(=O)NC(=O)C2)CC1. The van der Waals surface area contributed by atoms with Crippen LogP contribution in [-0.2, 0) is 14.4 Å². The number of likely N-dealkylation sites (tertiary alicyclic amines) is 1. The first-order chi connectivity index (χ1) is 9.32. The van der Waals surface area contributed by atoms with Crippen LogP contribution in [0, 0.1) is 5.41 Å². The lowest BCUT2D eigenvalue weighted by molar-refractivity contribution is -0.150. The molecule has 2 heterocycles. The standard InChI is InChI=1S/C12H17N3O5/c1-12(10(18)19)2-4-14(5-3-12)11(20)15-6-8(16)13-9(17)7-15/h2-7H2,1H3,(H,18,19)(H,13,16,17). The molecule has 0 aromatic heterocycles. The van der Waals surface area contributed by atoms with Gasteiger partial charge in [-0.2, -0.15) is 0 Å². The molecule has 0 spiro atoms. The fraction of sp³-hybridized carbons (Fsp3) is 0.667. The smallest absolute Gasteiger partial charge is 0.320 e. The quantitative estimate of drug-likeness (QED) is 0.616. The summed E-state index contributed by atoms with van der Waals surface area (Å²) in [7, 11) is 0. The van der Waals surface area contributed by atoms with Crippen molar-refractivity contribution in [3.05, 3.63) is 0 Å². The average molecular weight is 283 g/mol. The summed E-state index contributed by atoms with van der Waals surface area (Å²) in [4.78, 5) is 48.5. The molecule has 0 aromatic rings. The maximum atomic E-state index is 12.2. The minimum atomic E-state index is -0.864. The summed E-state index contributed by atoms with van der Waals surface area (Å²) < 4.78 is 0. The normalized spacial score (nSPS) is 22.4. The molecule has 2 rings (SSSR count). The number of rotatable bonds is 1. The number of hydrogen-bond donors (Lipinski definition) is 2. The highest BCUT2D eigenvalue weighted by atomic mass is 16.4. The Labute approximate surface area is 115 Å². The minimum absolute atomic E-state index is 0.142. The van der Waals surface area contributed by atoms with Crippen molar-refractivity contribution in [3.8, 4) is 0 Å². The maximum Gasteiger partial charge on any atom is 0.320 e. The van der Waals surface area contributed by atoms with Gasteiger partial charge in [-0.25, -0.2) is 4.79 Å². The zero-order chi connectivity index (χ0) is 14.9. The van der Waals surface area contributed by atoms with Crippen LogP contribution in [0.1, 0.15) is 19.8 Å². The van der Waals surface area contributed by atoms with E-state index in [0.29, 0.717) is 25.9 Å². The van der Waals surface area contributed by atoms with Crippen molar-refractivity contribution in [1.82, 2.24) is 15.1 Å². The number of imide groups is 1. The van der Waals surface area contributed by atoms with Gasteiger partial charge in [0, 0.05) is 13.1 Å². The number of carboxylic acids is 1. The summed E-state index contributed by atoms with van der Waals surface area (Å²) in [5.74, 6) is -1.86. The van der Waals surface area contributed by atoms with Gasteiger partial charge >= 0.3 is 12.0 Å². The Morgan fingerprint density at radius 2 is 1.60 bits per heavy atom. The lowest BCUT2D eigenvalue weighted by atomic mass is 9.80. The molecule has 8 heteroatoms. The van der Waals surface area contributed by atoms with Crippen molar-refractivity contribution < 1.29 is 24.3 Å². The molecule has 0 aliphatic carbocycles. The number of carboxylic acid groups (broad SMARTS) is 1. The lowest BCUT2D eigenvalue weighted by Crippen LogP contribution is -2.58. The second-order valence-electron chi connectivity index (χ2n) is 5.46. The first kappa shape index (κ1) is 14.3. The third-order valence-electron chi connectivity index (χ3n) is 3.87. The fourth-order valence-corrected chi connectivity index (χ4v) is 2.38. The van der Waals surface area contributed by atoms with Gasteiger partial charge in [-0.3, -0.25) is 19.7 Å². The summed E-state index contributed by atoms with van der Waals surface area (Å²) in [5.41, 5.74) is -0.814. The number of hydrogen-bond acceptors (Lipinski definition) is 4. The number of piperidine rings is 1. The summed E-state index contributed by atoms with van der Waals surface area (Å²) in [6.45, 7) is 2.01. The van der Waals surface area contributed by atoms with Crippen molar-refractivity contribution in [3.63, 3.8) is 0 Å². The number of nitrogens with zero attached hydrogens (tertiary/aromatic N) is 2. The largest absolute Gasteiger partial charge is 0.481 e. The van der Waals surface area contributed by atoms with E-state index in [2.05, 4.69) is 5.32 Å². The van der Waals surface area contributed by atoms with Gasteiger partial charge in [-0.15, -0.1) is 0 Å². The molecule has 0 saturated carbocycles. The Balaban J connectivity index is 1.96. The molecule has 0 aromatic carbocycles. The van der Waals surface area contributed by atoms with Gasteiger partial charge in [0.25, 0.3) is 0 Å². The Morgan fingerprint density at radius 3 is 2.05 bits per heavy atom. The van der Waals surface area contributed by atoms with Crippen LogP contribution in [0.25, 0.3) is 0 Å². The van der Waals surface area contributed by atoms with Crippen molar-refractivity contribution in [2.24, 2.45) is 5.41 Å². The van der Waals surface area contributed by atoms with Crippen molar-refractivity contribution in [2.75, 3.05) is 26.2 Å². The molecular weight excluding hydrogens is 266 g/mol. The van der Waals surface area contributed by atoms with Crippen LogP contribution in [0.15, 0.2) is 0 Å². The average Bonchev–Trinajstić information content (AvgIpc) is 2.37.